The van der Waals surface area contributed by atoms with Crippen LogP contribution in [0.1, 0.15) is 21.7 Å². The quantitative estimate of drug-likeness (QED) is 0.344. The van der Waals surface area contributed by atoms with Gasteiger partial charge in [0.15, 0.2) is 5.76 Å². The molecule has 0 aliphatic heterocycles. The molecule has 6 nitrogen and oxygen atoms in total. The van der Waals surface area contributed by atoms with E-state index in [-0.39, 0.29) is 11.7 Å². The van der Waals surface area contributed by atoms with Crippen LogP contribution in [-0.4, -0.2) is 17.0 Å². The van der Waals surface area contributed by atoms with E-state index in [9.17, 15) is 4.79 Å². The van der Waals surface area contributed by atoms with Gasteiger partial charge in [-0.05, 0) is 30.7 Å². The molecule has 4 N–H and O–H groups in total. The minimum atomic E-state index is -0.295. The van der Waals surface area contributed by atoms with Crippen molar-refractivity contribution in [1.29, 1.82) is 0 Å². The number of amidine groups is 1. The molecular weight excluding hydrogens is 258 g/mol. The molecule has 0 atom stereocenters. The highest BCUT2D eigenvalue weighted by atomic mass is 16.4. The average Bonchev–Trinajstić information content (AvgIpc) is 2.87. The highest BCUT2D eigenvalue weighted by Gasteiger charge is 2.12. The van der Waals surface area contributed by atoms with Crippen LogP contribution in [0.4, 0.5) is 5.69 Å². The number of hydrogen-bond donors (Lipinski definition) is 3. The summed E-state index contributed by atoms with van der Waals surface area (Å²) in [5.74, 6) is 0.135. The van der Waals surface area contributed by atoms with Crippen molar-refractivity contribution in [3.63, 3.8) is 0 Å². The van der Waals surface area contributed by atoms with Gasteiger partial charge in [0.2, 0.25) is 0 Å². The van der Waals surface area contributed by atoms with E-state index in [4.69, 9.17) is 15.4 Å². The zero-order chi connectivity index (χ0) is 14.5. The first-order valence-corrected chi connectivity index (χ1v) is 6.01. The van der Waals surface area contributed by atoms with Crippen LogP contribution >= 0.6 is 0 Å². The van der Waals surface area contributed by atoms with Gasteiger partial charge in [-0.25, -0.2) is 0 Å². The van der Waals surface area contributed by atoms with Gasteiger partial charge in [-0.2, -0.15) is 0 Å². The van der Waals surface area contributed by atoms with E-state index in [0.29, 0.717) is 17.9 Å². The summed E-state index contributed by atoms with van der Waals surface area (Å²) in [6, 6.07) is 8.81. The first-order valence-electron chi connectivity index (χ1n) is 6.01. The highest BCUT2D eigenvalue weighted by molar-refractivity contribution is 6.03. The van der Waals surface area contributed by atoms with Gasteiger partial charge in [-0.15, -0.1) is 0 Å². The smallest absolute Gasteiger partial charge is 0.291 e. The first kappa shape index (κ1) is 13.7. The van der Waals surface area contributed by atoms with Crippen LogP contribution in [0.3, 0.4) is 0 Å². The number of hydrogen-bond acceptors (Lipinski definition) is 4. The number of furan rings is 1. The van der Waals surface area contributed by atoms with Crippen molar-refractivity contribution < 1.29 is 14.4 Å². The van der Waals surface area contributed by atoms with Crippen LogP contribution in [0.25, 0.3) is 0 Å². The van der Waals surface area contributed by atoms with Crippen molar-refractivity contribution >= 4 is 17.4 Å². The predicted molar refractivity (Wildman–Crippen MR) is 75.0 cm³/mol. The van der Waals surface area contributed by atoms with E-state index < -0.39 is 0 Å². The van der Waals surface area contributed by atoms with Crippen molar-refractivity contribution in [2.75, 3.05) is 5.32 Å². The van der Waals surface area contributed by atoms with Crippen LogP contribution in [0, 0.1) is 6.92 Å². The maximum Gasteiger partial charge on any atom is 0.291 e. The molecular formula is C14H15N3O3. The molecule has 6 heteroatoms. The Hall–Kier alpha value is -2.76. The van der Waals surface area contributed by atoms with Crippen molar-refractivity contribution in [2.45, 2.75) is 13.3 Å². The molecule has 1 aromatic heterocycles. The van der Waals surface area contributed by atoms with Gasteiger partial charge in [0.1, 0.15) is 5.84 Å². The molecule has 0 fully saturated rings. The SMILES string of the molecule is Cc1ccoc1C(=O)Nc1ccc(CC(N)=NO)cc1. The third-order valence-electron chi connectivity index (χ3n) is 2.79. The molecule has 104 valence electrons. The summed E-state index contributed by atoms with van der Waals surface area (Å²) in [6.45, 7) is 1.80. The molecule has 0 bridgehead atoms. The Morgan fingerprint density at radius 2 is 2.05 bits per heavy atom. The molecule has 0 radical (unpaired) electrons. The Balaban J connectivity index is 2.04. The molecule has 1 aromatic carbocycles. The molecule has 0 spiro atoms. The number of aryl methyl sites for hydroxylation is 1. The maximum atomic E-state index is 11.9. The first-order chi connectivity index (χ1) is 9.60. The van der Waals surface area contributed by atoms with E-state index in [0.717, 1.165) is 11.1 Å². The number of rotatable bonds is 4. The topological polar surface area (TPSA) is 101 Å². The van der Waals surface area contributed by atoms with Crippen molar-refractivity contribution in [1.82, 2.24) is 0 Å². The van der Waals surface area contributed by atoms with E-state index in [1.54, 1.807) is 37.3 Å². The Kier molecular flexibility index (Phi) is 4.05. The van der Waals surface area contributed by atoms with Gasteiger partial charge >= 0.3 is 0 Å². The van der Waals surface area contributed by atoms with Crippen LogP contribution in [0.5, 0.6) is 0 Å². The lowest BCUT2D eigenvalue weighted by molar-refractivity contribution is 0.0996. The van der Waals surface area contributed by atoms with Crippen LogP contribution in [-0.2, 0) is 6.42 Å². The molecule has 2 rings (SSSR count). The van der Waals surface area contributed by atoms with E-state index >= 15 is 0 Å². The largest absolute Gasteiger partial charge is 0.459 e. The Morgan fingerprint density at radius 3 is 2.60 bits per heavy atom. The number of nitrogens with two attached hydrogens (primary N) is 1. The third kappa shape index (κ3) is 3.17. The number of nitrogens with zero attached hydrogens (tertiary/aromatic N) is 1. The Labute approximate surface area is 115 Å². The molecule has 2 aromatic rings. The van der Waals surface area contributed by atoms with E-state index in [1.165, 1.54) is 6.26 Å². The van der Waals surface area contributed by atoms with Crippen molar-refractivity contribution in [3.8, 4) is 0 Å². The highest BCUT2D eigenvalue weighted by Crippen LogP contribution is 2.14. The normalized spacial score (nSPS) is 11.3. The zero-order valence-corrected chi connectivity index (χ0v) is 11.0. The summed E-state index contributed by atoms with van der Waals surface area (Å²) in [5.41, 5.74) is 7.74. The summed E-state index contributed by atoms with van der Waals surface area (Å²) in [5, 5.41) is 14.1. The molecule has 0 aliphatic rings. The zero-order valence-electron chi connectivity index (χ0n) is 11.0. The summed E-state index contributed by atoms with van der Waals surface area (Å²) in [7, 11) is 0. The van der Waals surface area contributed by atoms with Crippen LogP contribution in [0.2, 0.25) is 0 Å². The fourth-order valence-electron chi connectivity index (χ4n) is 1.74. The van der Waals surface area contributed by atoms with Gasteiger partial charge in [0.25, 0.3) is 5.91 Å². The minimum Gasteiger partial charge on any atom is -0.459 e. The second kappa shape index (κ2) is 5.92. The Bertz CT molecular complexity index is 629. The molecule has 0 saturated carbocycles. The number of anilines is 1. The second-order valence-electron chi connectivity index (χ2n) is 4.35. The molecule has 1 amide bonds. The summed E-state index contributed by atoms with van der Waals surface area (Å²) >= 11 is 0. The number of oxime groups is 1. The predicted octanol–water partition coefficient (Wildman–Crippen LogP) is 2.13. The number of benzene rings is 1. The monoisotopic (exact) mass is 273 g/mol. The van der Waals surface area contributed by atoms with Crippen LogP contribution < -0.4 is 11.1 Å². The lowest BCUT2D eigenvalue weighted by atomic mass is 10.1. The summed E-state index contributed by atoms with van der Waals surface area (Å²) in [4.78, 5) is 11.9. The van der Waals surface area contributed by atoms with Gasteiger partial charge in [0.05, 0.1) is 6.26 Å². The van der Waals surface area contributed by atoms with Crippen LogP contribution in [0.15, 0.2) is 46.2 Å². The number of amides is 1. The maximum absolute atomic E-state index is 11.9. The molecule has 20 heavy (non-hydrogen) atoms. The van der Waals surface area contributed by atoms with Crippen molar-refractivity contribution in [2.24, 2.45) is 10.9 Å². The lowest BCUT2D eigenvalue weighted by Crippen LogP contribution is -2.15. The van der Waals surface area contributed by atoms with Gasteiger partial charge in [-0.3, -0.25) is 4.79 Å². The van der Waals surface area contributed by atoms with Gasteiger partial charge in [-0.1, -0.05) is 17.3 Å². The van der Waals surface area contributed by atoms with Gasteiger partial charge < -0.3 is 20.7 Å². The van der Waals surface area contributed by atoms with Gasteiger partial charge in [0, 0.05) is 17.7 Å². The summed E-state index contributed by atoms with van der Waals surface area (Å²) < 4.78 is 5.12. The standard InChI is InChI=1S/C14H15N3O3/c1-9-6-7-20-13(9)14(18)16-11-4-2-10(3-5-11)8-12(15)17-19/h2-7,19H,8H2,1H3,(H2,15,17)(H,16,18). The van der Waals surface area contributed by atoms with E-state index in [2.05, 4.69) is 10.5 Å². The second-order valence-corrected chi connectivity index (χ2v) is 4.35. The molecule has 0 unspecified atom stereocenters. The summed E-state index contributed by atoms with van der Waals surface area (Å²) in [6.07, 6.45) is 1.83. The molecule has 0 saturated heterocycles. The fourth-order valence-corrected chi connectivity index (χ4v) is 1.74. The van der Waals surface area contributed by atoms with E-state index in [1.807, 2.05) is 0 Å². The minimum absolute atomic E-state index is 0.132. The molecule has 1 heterocycles. The fraction of sp³-hybridized carbons (Fsp3) is 0.143. The molecule has 0 aliphatic carbocycles. The third-order valence-corrected chi connectivity index (χ3v) is 2.79. The van der Waals surface area contributed by atoms with Crippen molar-refractivity contribution in [3.05, 3.63) is 53.5 Å². The number of carbonyl (C=O) groups excluding carboxylic acids is 1. The number of carbonyl (C=O) groups is 1. The number of nitrogens with one attached hydrogen (secondary N) is 1. The lowest BCUT2D eigenvalue weighted by Gasteiger charge is -2.05. The Morgan fingerprint density at radius 1 is 1.35 bits per heavy atom. The average molecular weight is 273 g/mol.